The van der Waals surface area contributed by atoms with Gasteiger partial charge in [-0.1, -0.05) is 12.1 Å². The molecule has 0 saturated carbocycles. The molecular formula is C23H27F2N5O2. The number of urea groups is 2. The Bertz CT molecular complexity index is 977. The summed E-state index contributed by atoms with van der Waals surface area (Å²) in [6.07, 6.45) is 2.86. The number of likely N-dealkylation sites (tertiary alicyclic amines) is 1. The second-order valence-electron chi connectivity index (χ2n) is 8.32. The number of amides is 4. The van der Waals surface area contributed by atoms with E-state index in [1.54, 1.807) is 16.8 Å². The zero-order valence-corrected chi connectivity index (χ0v) is 18.1. The minimum absolute atomic E-state index is 0.114. The van der Waals surface area contributed by atoms with Crippen LogP contribution in [0.15, 0.2) is 36.5 Å². The van der Waals surface area contributed by atoms with Gasteiger partial charge in [0.25, 0.3) is 0 Å². The first-order valence-electron chi connectivity index (χ1n) is 10.8. The van der Waals surface area contributed by atoms with Gasteiger partial charge in [0, 0.05) is 32.4 Å². The summed E-state index contributed by atoms with van der Waals surface area (Å²) in [5.41, 5.74) is 3.31. The average Bonchev–Trinajstić information content (AvgIpc) is 3.23. The number of aromatic nitrogens is 1. The maximum absolute atomic E-state index is 13.3. The number of halogens is 2. The molecule has 7 nitrogen and oxygen atoms in total. The Kier molecular flexibility index (Phi) is 6.53. The Hall–Kier alpha value is -3.23. The number of fused-ring (bicyclic) bond motifs is 1. The Morgan fingerprint density at radius 3 is 2.56 bits per heavy atom. The van der Waals surface area contributed by atoms with Crippen molar-refractivity contribution in [3.63, 3.8) is 0 Å². The molecule has 9 heteroatoms. The average molecular weight is 443 g/mol. The molecule has 0 radical (unpaired) electrons. The molecule has 1 N–H and O–H groups in total. The number of hydrogen-bond acceptors (Lipinski definition) is 3. The van der Waals surface area contributed by atoms with E-state index in [9.17, 15) is 18.4 Å². The van der Waals surface area contributed by atoms with Crippen molar-refractivity contribution in [1.82, 2.24) is 19.7 Å². The first-order chi connectivity index (χ1) is 15.4. The SMILES string of the molecule is CN(CCF)C(=O)N1CCC(c2ccc(NC(=O)N3Cc4cc(F)cnc4C3)cc2)CC1. The molecule has 4 rings (SSSR count). The van der Waals surface area contributed by atoms with E-state index >= 15 is 0 Å². The van der Waals surface area contributed by atoms with Crippen molar-refractivity contribution in [1.29, 1.82) is 0 Å². The fraction of sp³-hybridized carbons (Fsp3) is 0.435. The summed E-state index contributed by atoms with van der Waals surface area (Å²) in [6.45, 7) is 1.55. The molecule has 170 valence electrons. The van der Waals surface area contributed by atoms with Gasteiger partial charge in [0.1, 0.15) is 12.5 Å². The molecule has 0 aliphatic carbocycles. The molecule has 0 bridgehead atoms. The lowest BCUT2D eigenvalue weighted by atomic mass is 9.89. The van der Waals surface area contributed by atoms with E-state index in [2.05, 4.69) is 10.3 Å². The fourth-order valence-corrected chi connectivity index (χ4v) is 4.28. The molecule has 32 heavy (non-hydrogen) atoms. The zero-order chi connectivity index (χ0) is 22.7. The normalized spacial score (nSPS) is 16.1. The topological polar surface area (TPSA) is 68.8 Å². The van der Waals surface area contributed by atoms with E-state index < -0.39 is 12.5 Å². The molecule has 2 aliphatic heterocycles. The second kappa shape index (κ2) is 9.50. The molecule has 0 spiro atoms. The van der Waals surface area contributed by atoms with Gasteiger partial charge in [0.2, 0.25) is 0 Å². The largest absolute Gasteiger partial charge is 0.325 e. The number of carbonyl (C=O) groups excluding carboxylic acids is 2. The van der Waals surface area contributed by atoms with Crippen molar-refractivity contribution < 1.29 is 18.4 Å². The Morgan fingerprint density at radius 2 is 1.88 bits per heavy atom. The number of rotatable bonds is 4. The maximum atomic E-state index is 13.3. The highest BCUT2D eigenvalue weighted by atomic mass is 19.1. The van der Waals surface area contributed by atoms with Gasteiger partial charge in [-0.15, -0.1) is 0 Å². The van der Waals surface area contributed by atoms with Gasteiger partial charge >= 0.3 is 12.1 Å². The molecule has 1 aromatic carbocycles. The van der Waals surface area contributed by atoms with Crippen molar-refractivity contribution in [3.8, 4) is 0 Å². The van der Waals surface area contributed by atoms with Crippen LogP contribution in [-0.2, 0) is 13.1 Å². The number of piperidine rings is 1. The molecular weight excluding hydrogens is 416 g/mol. The molecule has 0 unspecified atom stereocenters. The van der Waals surface area contributed by atoms with Crippen LogP contribution in [-0.4, -0.2) is 65.1 Å². The lowest BCUT2D eigenvalue weighted by molar-refractivity contribution is 0.146. The lowest BCUT2D eigenvalue weighted by Gasteiger charge is -2.34. The van der Waals surface area contributed by atoms with Crippen molar-refractivity contribution in [2.45, 2.75) is 31.8 Å². The third kappa shape index (κ3) is 4.81. The highest BCUT2D eigenvalue weighted by Crippen LogP contribution is 2.29. The third-order valence-electron chi connectivity index (χ3n) is 6.16. The van der Waals surface area contributed by atoms with Crippen LogP contribution in [0.3, 0.4) is 0 Å². The third-order valence-corrected chi connectivity index (χ3v) is 6.16. The van der Waals surface area contributed by atoms with Crippen LogP contribution in [0.25, 0.3) is 0 Å². The van der Waals surface area contributed by atoms with Crippen LogP contribution < -0.4 is 5.32 Å². The minimum Gasteiger partial charge on any atom is -0.325 e. The molecule has 3 heterocycles. The number of hydrogen-bond donors (Lipinski definition) is 1. The van der Waals surface area contributed by atoms with Gasteiger partial charge in [-0.3, -0.25) is 4.98 Å². The highest BCUT2D eigenvalue weighted by Gasteiger charge is 2.27. The number of benzene rings is 1. The van der Waals surface area contributed by atoms with E-state index in [0.717, 1.165) is 24.1 Å². The van der Waals surface area contributed by atoms with Gasteiger partial charge in [-0.05, 0) is 48.1 Å². The van der Waals surface area contributed by atoms with Gasteiger partial charge in [-0.25, -0.2) is 18.4 Å². The van der Waals surface area contributed by atoms with Crippen LogP contribution in [0.5, 0.6) is 0 Å². The van der Waals surface area contributed by atoms with Gasteiger partial charge < -0.3 is 20.0 Å². The molecule has 1 saturated heterocycles. The predicted octanol–water partition coefficient (Wildman–Crippen LogP) is 3.97. The Morgan fingerprint density at radius 1 is 1.16 bits per heavy atom. The molecule has 1 aromatic heterocycles. The fourth-order valence-electron chi connectivity index (χ4n) is 4.28. The zero-order valence-electron chi connectivity index (χ0n) is 18.1. The van der Waals surface area contributed by atoms with Crippen LogP contribution in [0.1, 0.15) is 35.6 Å². The first kappa shape index (κ1) is 22.0. The second-order valence-corrected chi connectivity index (χ2v) is 8.32. The Labute approximate surface area is 186 Å². The summed E-state index contributed by atoms with van der Waals surface area (Å²) in [4.78, 5) is 33.7. The molecule has 1 fully saturated rings. The number of pyridine rings is 1. The predicted molar refractivity (Wildman–Crippen MR) is 116 cm³/mol. The summed E-state index contributed by atoms with van der Waals surface area (Å²) in [7, 11) is 1.62. The van der Waals surface area contributed by atoms with Crippen molar-refractivity contribution in [3.05, 3.63) is 59.2 Å². The van der Waals surface area contributed by atoms with Gasteiger partial charge in [-0.2, -0.15) is 0 Å². The quantitative estimate of drug-likeness (QED) is 0.778. The highest BCUT2D eigenvalue weighted by molar-refractivity contribution is 5.89. The van der Waals surface area contributed by atoms with Crippen LogP contribution >= 0.6 is 0 Å². The summed E-state index contributed by atoms with van der Waals surface area (Å²) in [5, 5.41) is 2.89. The summed E-state index contributed by atoms with van der Waals surface area (Å²) in [5.74, 6) is -0.0621. The van der Waals surface area contributed by atoms with E-state index in [1.807, 2.05) is 24.3 Å². The maximum Gasteiger partial charge on any atom is 0.322 e. The Balaban J connectivity index is 1.29. The van der Waals surface area contributed by atoms with Crippen LogP contribution in [0, 0.1) is 5.82 Å². The molecule has 2 aromatic rings. The van der Waals surface area contributed by atoms with Crippen LogP contribution in [0.4, 0.5) is 24.1 Å². The number of alkyl halides is 1. The van der Waals surface area contributed by atoms with E-state index in [0.29, 0.717) is 37.8 Å². The molecule has 0 atom stereocenters. The number of nitrogens with one attached hydrogen (secondary N) is 1. The number of nitrogens with zero attached hydrogens (tertiary/aromatic N) is 4. The summed E-state index contributed by atoms with van der Waals surface area (Å²) < 4.78 is 25.8. The smallest absolute Gasteiger partial charge is 0.322 e. The number of carbonyl (C=O) groups is 2. The van der Waals surface area contributed by atoms with E-state index in [-0.39, 0.29) is 18.6 Å². The molecule has 4 amide bonds. The van der Waals surface area contributed by atoms with Crippen LogP contribution in [0.2, 0.25) is 0 Å². The first-order valence-corrected chi connectivity index (χ1v) is 10.8. The molecule has 2 aliphatic rings. The van der Waals surface area contributed by atoms with Crippen molar-refractivity contribution in [2.75, 3.05) is 38.7 Å². The summed E-state index contributed by atoms with van der Waals surface area (Å²) in [6, 6.07) is 8.80. The van der Waals surface area contributed by atoms with Gasteiger partial charge in [0.05, 0.1) is 25.0 Å². The van der Waals surface area contributed by atoms with E-state index in [1.165, 1.54) is 22.7 Å². The summed E-state index contributed by atoms with van der Waals surface area (Å²) >= 11 is 0. The standard InChI is InChI=1S/C23H27F2N5O2/c1-28(11-8-24)23(32)29-9-6-17(7-10-29)16-2-4-20(5-3-16)27-22(31)30-14-18-12-19(25)13-26-21(18)15-30/h2-5,12-13,17H,6-11,14-15H2,1H3,(H,27,31). The lowest BCUT2D eigenvalue weighted by Crippen LogP contribution is -2.45. The van der Waals surface area contributed by atoms with Gasteiger partial charge in [0.15, 0.2) is 0 Å². The van der Waals surface area contributed by atoms with Crippen molar-refractivity contribution in [2.24, 2.45) is 0 Å². The van der Waals surface area contributed by atoms with Crippen molar-refractivity contribution >= 4 is 17.7 Å². The monoisotopic (exact) mass is 443 g/mol. The minimum atomic E-state index is -0.540. The van der Waals surface area contributed by atoms with E-state index in [4.69, 9.17) is 0 Å². The number of anilines is 1.